The van der Waals surface area contributed by atoms with Crippen LogP contribution >= 0.6 is 11.6 Å². The Hall–Kier alpha value is -1.88. The molecule has 0 unspecified atom stereocenters. The Morgan fingerprint density at radius 1 is 1.50 bits per heavy atom. The third-order valence-corrected chi connectivity index (χ3v) is 3.00. The van der Waals surface area contributed by atoms with Crippen LogP contribution in [0.1, 0.15) is 6.92 Å². The lowest BCUT2D eigenvalue weighted by molar-refractivity contribution is 0.874. The molecule has 0 bridgehead atoms. The number of nitrogens with zero attached hydrogens (tertiary/aromatic N) is 5. The van der Waals surface area contributed by atoms with E-state index < -0.39 is 0 Å². The van der Waals surface area contributed by atoms with Crippen molar-refractivity contribution in [1.29, 1.82) is 0 Å². The first-order valence-corrected chi connectivity index (χ1v) is 5.84. The average Bonchev–Trinajstić information content (AvgIpc) is 2.80. The number of hydrogen-bond donors (Lipinski definition) is 0. The third kappa shape index (κ3) is 2.36. The number of rotatable bonds is 2. The van der Waals surface area contributed by atoms with E-state index >= 15 is 0 Å². The predicted molar refractivity (Wildman–Crippen MR) is 73.8 cm³/mol. The fourth-order valence-electron chi connectivity index (χ4n) is 1.51. The zero-order valence-corrected chi connectivity index (χ0v) is 11.3. The number of aliphatic imine (C=N–C) groups is 1. The Morgan fingerprint density at radius 2 is 2.28 bits per heavy atom. The van der Waals surface area contributed by atoms with Crippen LogP contribution in [0.25, 0.3) is 5.69 Å². The molecule has 2 aromatic rings. The van der Waals surface area contributed by atoms with Crippen LogP contribution in [0, 0.1) is 0 Å². The molecule has 0 saturated carbocycles. The first-order chi connectivity index (χ1) is 8.63. The molecule has 0 atom stereocenters. The van der Waals surface area contributed by atoms with Crippen molar-refractivity contribution in [2.45, 2.75) is 6.92 Å². The Labute approximate surface area is 111 Å². The lowest BCUT2D eigenvalue weighted by atomic mass is 10.4. The Balaban J connectivity index is 2.39. The highest BCUT2D eigenvalue weighted by molar-refractivity contribution is 6.32. The topological polar surface area (TPSA) is 46.3 Å². The van der Waals surface area contributed by atoms with Crippen LogP contribution in [-0.4, -0.2) is 34.7 Å². The van der Waals surface area contributed by atoms with Crippen molar-refractivity contribution in [3.05, 3.63) is 35.9 Å². The molecule has 0 aromatic carbocycles. The zero-order valence-electron chi connectivity index (χ0n) is 10.5. The maximum atomic E-state index is 6.14. The molecule has 0 aliphatic rings. The van der Waals surface area contributed by atoms with Crippen LogP contribution in [0.3, 0.4) is 0 Å². The fraction of sp³-hybridized carbons (Fsp3) is 0.250. The molecule has 2 aromatic heterocycles. The quantitative estimate of drug-likeness (QED) is 0.617. The van der Waals surface area contributed by atoms with Crippen LogP contribution < -0.4 is 4.90 Å². The highest BCUT2D eigenvalue weighted by Crippen LogP contribution is 2.25. The molecule has 0 radical (unpaired) electrons. The van der Waals surface area contributed by atoms with Gasteiger partial charge in [-0.05, 0) is 19.1 Å². The summed E-state index contributed by atoms with van der Waals surface area (Å²) < 4.78 is 1.70. The first kappa shape index (κ1) is 12.6. The monoisotopic (exact) mass is 263 g/mol. The number of anilines is 1. The summed E-state index contributed by atoms with van der Waals surface area (Å²) in [5, 5.41) is 4.70. The standard InChI is InChI=1S/C12H14ClN5/c1-9(14-2)17(3)11-8-18(16-12(11)13)10-5-4-6-15-7-10/h4-8H,1-3H3. The van der Waals surface area contributed by atoms with E-state index in [1.54, 1.807) is 24.1 Å². The number of hydrogen-bond acceptors (Lipinski definition) is 3. The molecule has 2 rings (SSSR count). The van der Waals surface area contributed by atoms with Crippen molar-refractivity contribution in [1.82, 2.24) is 14.8 Å². The van der Waals surface area contributed by atoms with Gasteiger partial charge in [0.05, 0.1) is 23.9 Å². The summed E-state index contributed by atoms with van der Waals surface area (Å²) in [6.45, 7) is 1.91. The van der Waals surface area contributed by atoms with Gasteiger partial charge in [-0.25, -0.2) is 4.68 Å². The average molecular weight is 264 g/mol. The molecule has 0 fully saturated rings. The fourth-order valence-corrected chi connectivity index (χ4v) is 1.77. The van der Waals surface area contributed by atoms with Crippen LogP contribution in [0.5, 0.6) is 0 Å². The van der Waals surface area contributed by atoms with Gasteiger partial charge in [-0.1, -0.05) is 11.6 Å². The van der Waals surface area contributed by atoms with Gasteiger partial charge < -0.3 is 4.90 Å². The molecule has 5 nitrogen and oxygen atoms in total. The molecule has 94 valence electrons. The van der Waals surface area contributed by atoms with Crippen molar-refractivity contribution >= 4 is 23.1 Å². The number of pyridine rings is 1. The van der Waals surface area contributed by atoms with Crippen LogP contribution in [0.15, 0.2) is 35.7 Å². The van der Waals surface area contributed by atoms with E-state index in [4.69, 9.17) is 11.6 Å². The molecule has 0 aliphatic heterocycles. The lowest BCUT2D eigenvalue weighted by Crippen LogP contribution is -2.23. The molecule has 0 saturated heterocycles. The third-order valence-electron chi connectivity index (χ3n) is 2.73. The summed E-state index contributed by atoms with van der Waals surface area (Å²) in [6.07, 6.45) is 5.30. The molecule has 0 aliphatic carbocycles. The Kier molecular flexibility index (Phi) is 3.62. The normalized spacial score (nSPS) is 11.7. The first-order valence-electron chi connectivity index (χ1n) is 5.46. The molecular weight excluding hydrogens is 250 g/mol. The lowest BCUT2D eigenvalue weighted by Gasteiger charge is -2.16. The van der Waals surface area contributed by atoms with Crippen molar-refractivity contribution in [2.75, 3.05) is 19.0 Å². The highest BCUT2D eigenvalue weighted by Gasteiger charge is 2.13. The van der Waals surface area contributed by atoms with E-state index in [0.29, 0.717) is 5.15 Å². The highest BCUT2D eigenvalue weighted by atomic mass is 35.5. The van der Waals surface area contributed by atoms with Gasteiger partial charge in [0.15, 0.2) is 5.15 Å². The van der Waals surface area contributed by atoms with E-state index in [1.165, 1.54) is 0 Å². The minimum absolute atomic E-state index is 0.435. The number of amidine groups is 1. The van der Waals surface area contributed by atoms with Gasteiger partial charge in [0.2, 0.25) is 0 Å². The summed E-state index contributed by atoms with van der Waals surface area (Å²) in [4.78, 5) is 10.1. The van der Waals surface area contributed by atoms with Crippen molar-refractivity contribution < 1.29 is 0 Å². The summed E-state index contributed by atoms with van der Waals surface area (Å²) in [5.41, 5.74) is 1.67. The van der Waals surface area contributed by atoms with E-state index in [9.17, 15) is 0 Å². The van der Waals surface area contributed by atoms with E-state index in [0.717, 1.165) is 17.2 Å². The second-order valence-electron chi connectivity index (χ2n) is 3.79. The maximum Gasteiger partial charge on any atom is 0.175 e. The smallest absolute Gasteiger partial charge is 0.175 e. The molecule has 0 amide bonds. The van der Waals surface area contributed by atoms with Crippen molar-refractivity contribution in [3.63, 3.8) is 0 Å². The van der Waals surface area contributed by atoms with E-state index in [-0.39, 0.29) is 0 Å². The maximum absolute atomic E-state index is 6.14. The zero-order chi connectivity index (χ0) is 13.1. The second-order valence-corrected chi connectivity index (χ2v) is 4.15. The van der Waals surface area contributed by atoms with Gasteiger partial charge in [-0.2, -0.15) is 5.10 Å². The van der Waals surface area contributed by atoms with Crippen LogP contribution in [-0.2, 0) is 0 Å². The molecule has 0 N–H and O–H groups in total. The van der Waals surface area contributed by atoms with Crippen molar-refractivity contribution in [2.24, 2.45) is 4.99 Å². The van der Waals surface area contributed by atoms with Gasteiger partial charge in [0.25, 0.3) is 0 Å². The number of halogens is 1. The minimum atomic E-state index is 0.435. The molecule has 18 heavy (non-hydrogen) atoms. The Bertz CT molecular complexity index is 561. The van der Waals surface area contributed by atoms with Gasteiger partial charge in [-0.15, -0.1) is 0 Å². The van der Waals surface area contributed by atoms with Crippen LogP contribution in [0.2, 0.25) is 5.15 Å². The largest absolute Gasteiger partial charge is 0.330 e. The van der Waals surface area contributed by atoms with Gasteiger partial charge >= 0.3 is 0 Å². The summed E-state index contributed by atoms with van der Waals surface area (Å²) in [7, 11) is 3.64. The summed E-state index contributed by atoms with van der Waals surface area (Å²) in [6, 6.07) is 3.77. The van der Waals surface area contributed by atoms with Crippen molar-refractivity contribution in [3.8, 4) is 5.69 Å². The second kappa shape index (κ2) is 5.18. The molecular formula is C12H14ClN5. The van der Waals surface area contributed by atoms with E-state index in [2.05, 4.69) is 15.1 Å². The number of aromatic nitrogens is 3. The van der Waals surface area contributed by atoms with E-state index in [1.807, 2.05) is 37.2 Å². The van der Waals surface area contributed by atoms with Gasteiger partial charge in [-0.3, -0.25) is 9.98 Å². The van der Waals surface area contributed by atoms with Crippen LogP contribution in [0.4, 0.5) is 5.69 Å². The Morgan fingerprint density at radius 3 is 2.89 bits per heavy atom. The summed E-state index contributed by atoms with van der Waals surface area (Å²) in [5.74, 6) is 0.864. The van der Waals surface area contributed by atoms with Gasteiger partial charge in [0.1, 0.15) is 5.69 Å². The molecule has 2 heterocycles. The SMILES string of the molecule is CN=C(C)N(C)c1cn(-c2cccnc2)nc1Cl. The van der Waals surface area contributed by atoms with Gasteiger partial charge in [0, 0.05) is 20.3 Å². The summed E-state index contributed by atoms with van der Waals surface area (Å²) >= 11 is 6.14. The predicted octanol–water partition coefficient (Wildman–Crippen LogP) is 2.41. The molecule has 6 heteroatoms. The molecule has 0 spiro atoms. The minimum Gasteiger partial charge on any atom is -0.330 e.